The van der Waals surface area contributed by atoms with Gasteiger partial charge >= 0.3 is 11.9 Å². The van der Waals surface area contributed by atoms with Crippen LogP contribution < -0.4 is 0 Å². The topological polar surface area (TPSA) is 74.4 Å². The Morgan fingerprint density at radius 3 is 2.48 bits per heavy atom. The maximum Gasteiger partial charge on any atom is 0.333 e. The number of rotatable bonds is 8. The predicted octanol–water partition coefficient (Wildman–Crippen LogP) is 1.23. The van der Waals surface area contributed by atoms with Crippen LogP contribution in [0.4, 0.5) is 0 Å². The summed E-state index contributed by atoms with van der Waals surface area (Å²) in [4.78, 5) is 22.9. The summed E-state index contributed by atoms with van der Waals surface area (Å²) >= 11 is 0. The van der Waals surface area contributed by atoms with Gasteiger partial charge in [-0.05, 0) is 26.2 Å². The standard InChI is InChI=1S/C15H22O6/c1-10(2)14(16)19-7-5-18-6-8-20-15(17)11-3-4-12-13(9-11)21-12/h11-13H,1,3-9H2,2H3. The molecule has 21 heavy (non-hydrogen) atoms. The lowest BCUT2D eigenvalue weighted by Crippen LogP contribution is -2.25. The molecule has 0 spiro atoms. The second-order valence-electron chi connectivity index (χ2n) is 5.42. The quantitative estimate of drug-likeness (QED) is 0.290. The minimum atomic E-state index is -0.428. The van der Waals surface area contributed by atoms with Crippen molar-refractivity contribution in [1.29, 1.82) is 0 Å². The van der Waals surface area contributed by atoms with Crippen LogP contribution in [-0.4, -0.2) is 50.6 Å². The van der Waals surface area contributed by atoms with E-state index in [1.165, 1.54) is 0 Å². The first-order valence-corrected chi connectivity index (χ1v) is 7.30. The van der Waals surface area contributed by atoms with Crippen molar-refractivity contribution < 1.29 is 28.5 Å². The molecule has 1 saturated heterocycles. The molecule has 6 heteroatoms. The average Bonchev–Trinajstić information content (AvgIpc) is 3.23. The molecule has 1 aliphatic heterocycles. The van der Waals surface area contributed by atoms with Crippen LogP contribution in [0.25, 0.3) is 0 Å². The molecule has 0 bridgehead atoms. The summed E-state index contributed by atoms with van der Waals surface area (Å²) in [5.41, 5.74) is 0.360. The van der Waals surface area contributed by atoms with Crippen LogP contribution in [0.3, 0.4) is 0 Å². The Bertz CT molecular complexity index is 405. The molecule has 3 unspecified atom stereocenters. The van der Waals surface area contributed by atoms with Crippen molar-refractivity contribution >= 4 is 11.9 Å². The average molecular weight is 298 g/mol. The van der Waals surface area contributed by atoms with E-state index >= 15 is 0 Å². The molecule has 6 nitrogen and oxygen atoms in total. The molecule has 0 aromatic carbocycles. The largest absolute Gasteiger partial charge is 0.463 e. The Kier molecular flexibility index (Phi) is 5.76. The van der Waals surface area contributed by atoms with Gasteiger partial charge in [0.05, 0.1) is 31.3 Å². The smallest absolute Gasteiger partial charge is 0.333 e. The number of hydrogen-bond acceptors (Lipinski definition) is 6. The van der Waals surface area contributed by atoms with Crippen molar-refractivity contribution in [2.75, 3.05) is 26.4 Å². The van der Waals surface area contributed by atoms with E-state index in [2.05, 4.69) is 6.58 Å². The number of hydrogen-bond donors (Lipinski definition) is 0. The molecule has 2 aliphatic rings. The van der Waals surface area contributed by atoms with Crippen molar-refractivity contribution in [3.8, 4) is 0 Å². The summed E-state index contributed by atoms with van der Waals surface area (Å²) in [7, 11) is 0. The van der Waals surface area contributed by atoms with E-state index in [4.69, 9.17) is 18.9 Å². The minimum absolute atomic E-state index is 0.0368. The number of esters is 2. The molecular formula is C15H22O6. The monoisotopic (exact) mass is 298 g/mol. The van der Waals surface area contributed by atoms with E-state index in [1.807, 2.05) is 0 Å². The van der Waals surface area contributed by atoms with Crippen LogP contribution in [0.5, 0.6) is 0 Å². The maximum absolute atomic E-state index is 11.8. The first-order chi connectivity index (χ1) is 10.1. The van der Waals surface area contributed by atoms with Crippen LogP contribution in [0.2, 0.25) is 0 Å². The van der Waals surface area contributed by atoms with E-state index < -0.39 is 5.97 Å². The van der Waals surface area contributed by atoms with Crippen LogP contribution in [0.1, 0.15) is 26.2 Å². The lowest BCUT2D eigenvalue weighted by atomic mass is 9.89. The molecule has 0 aromatic rings. The molecule has 1 saturated carbocycles. The van der Waals surface area contributed by atoms with Crippen LogP contribution in [-0.2, 0) is 28.5 Å². The fourth-order valence-electron chi connectivity index (χ4n) is 2.36. The van der Waals surface area contributed by atoms with Gasteiger partial charge in [0.2, 0.25) is 0 Å². The molecule has 1 aliphatic carbocycles. The maximum atomic E-state index is 11.8. The van der Waals surface area contributed by atoms with Crippen LogP contribution in [0.15, 0.2) is 12.2 Å². The van der Waals surface area contributed by atoms with Crippen molar-refractivity contribution in [2.24, 2.45) is 5.92 Å². The summed E-state index contributed by atoms with van der Waals surface area (Å²) in [6.07, 6.45) is 3.24. The van der Waals surface area contributed by atoms with Gasteiger partial charge in [0, 0.05) is 5.57 Å². The van der Waals surface area contributed by atoms with Gasteiger partial charge < -0.3 is 18.9 Å². The van der Waals surface area contributed by atoms with Crippen molar-refractivity contribution in [1.82, 2.24) is 0 Å². The number of epoxide rings is 1. The molecule has 2 rings (SSSR count). The van der Waals surface area contributed by atoms with Crippen LogP contribution >= 0.6 is 0 Å². The van der Waals surface area contributed by atoms with Crippen molar-refractivity contribution in [3.63, 3.8) is 0 Å². The molecule has 0 aromatic heterocycles. The third kappa shape index (κ3) is 5.13. The van der Waals surface area contributed by atoms with E-state index in [0.717, 1.165) is 19.3 Å². The molecule has 118 valence electrons. The molecule has 3 atom stereocenters. The van der Waals surface area contributed by atoms with E-state index in [-0.39, 0.29) is 37.8 Å². The first kappa shape index (κ1) is 16.0. The first-order valence-electron chi connectivity index (χ1n) is 7.30. The zero-order valence-corrected chi connectivity index (χ0v) is 12.3. The number of ether oxygens (including phenoxy) is 4. The van der Waals surface area contributed by atoms with Gasteiger partial charge in [-0.1, -0.05) is 6.58 Å². The summed E-state index contributed by atoms with van der Waals surface area (Å²) in [5, 5.41) is 0. The fraction of sp³-hybridized carbons (Fsp3) is 0.733. The molecule has 2 fully saturated rings. The van der Waals surface area contributed by atoms with Gasteiger partial charge in [0.1, 0.15) is 13.2 Å². The van der Waals surface area contributed by atoms with E-state index in [1.54, 1.807) is 6.92 Å². The van der Waals surface area contributed by atoms with Gasteiger partial charge in [0.25, 0.3) is 0 Å². The predicted molar refractivity (Wildman–Crippen MR) is 73.6 cm³/mol. The third-order valence-electron chi connectivity index (χ3n) is 3.62. The Hall–Kier alpha value is -1.40. The molecule has 0 radical (unpaired) electrons. The van der Waals surface area contributed by atoms with Gasteiger partial charge in [-0.2, -0.15) is 0 Å². The number of carbonyl (C=O) groups excluding carboxylic acids is 2. The Morgan fingerprint density at radius 1 is 1.10 bits per heavy atom. The Labute approximate surface area is 124 Å². The normalized spacial score (nSPS) is 26.6. The molecular weight excluding hydrogens is 276 g/mol. The number of fused-ring (bicyclic) bond motifs is 1. The van der Waals surface area contributed by atoms with Crippen molar-refractivity contribution in [3.05, 3.63) is 12.2 Å². The SMILES string of the molecule is C=C(C)C(=O)OCCOCCOC(=O)C1CCC2OC2C1. The highest BCUT2D eigenvalue weighted by Gasteiger charge is 2.46. The zero-order valence-electron chi connectivity index (χ0n) is 12.3. The molecule has 0 amide bonds. The van der Waals surface area contributed by atoms with Gasteiger partial charge in [-0.15, -0.1) is 0 Å². The Morgan fingerprint density at radius 2 is 1.81 bits per heavy atom. The summed E-state index contributed by atoms with van der Waals surface area (Å²) in [5.74, 6) is -0.630. The molecule has 0 N–H and O–H groups in total. The lowest BCUT2D eigenvalue weighted by molar-refractivity contribution is -0.151. The summed E-state index contributed by atoms with van der Waals surface area (Å²) in [6.45, 7) is 6.02. The zero-order chi connectivity index (χ0) is 15.2. The fourth-order valence-corrected chi connectivity index (χ4v) is 2.36. The van der Waals surface area contributed by atoms with Crippen LogP contribution in [0, 0.1) is 5.92 Å². The highest BCUT2D eigenvalue weighted by Crippen LogP contribution is 2.39. The summed E-state index contributed by atoms with van der Waals surface area (Å²) < 4.78 is 20.6. The number of carbonyl (C=O) groups is 2. The van der Waals surface area contributed by atoms with Gasteiger partial charge in [0.15, 0.2) is 0 Å². The Balaban J connectivity index is 1.45. The highest BCUT2D eigenvalue weighted by atomic mass is 16.6. The second-order valence-corrected chi connectivity index (χ2v) is 5.42. The lowest BCUT2D eigenvalue weighted by Gasteiger charge is -2.17. The van der Waals surface area contributed by atoms with Gasteiger partial charge in [-0.25, -0.2) is 4.79 Å². The third-order valence-corrected chi connectivity index (χ3v) is 3.62. The summed E-state index contributed by atoms with van der Waals surface area (Å²) in [6, 6.07) is 0. The molecule has 1 heterocycles. The van der Waals surface area contributed by atoms with E-state index in [0.29, 0.717) is 18.3 Å². The van der Waals surface area contributed by atoms with Gasteiger partial charge in [-0.3, -0.25) is 4.79 Å². The minimum Gasteiger partial charge on any atom is -0.463 e. The van der Waals surface area contributed by atoms with Crippen molar-refractivity contribution in [2.45, 2.75) is 38.4 Å². The highest BCUT2D eigenvalue weighted by molar-refractivity contribution is 5.86. The van der Waals surface area contributed by atoms with E-state index in [9.17, 15) is 9.59 Å². The second kappa shape index (κ2) is 7.56.